The molecule has 0 spiro atoms. The molecule has 1 amide bonds. The monoisotopic (exact) mass is 293 g/mol. The summed E-state index contributed by atoms with van der Waals surface area (Å²) in [4.78, 5) is 22.5. The van der Waals surface area contributed by atoms with Crippen LogP contribution in [0.3, 0.4) is 0 Å². The number of nitrogens with one attached hydrogen (secondary N) is 1. The predicted octanol–water partition coefficient (Wildman–Crippen LogP) is 2.24. The second-order valence-corrected chi connectivity index (χ2v) is 5.45. The van der Waals surface area contributed by atoms with Crippen LogP contribution in [0.1, 0.15) is 32.8 Å². The number of carbonyl (C=O) groups excluding carboxylic acids is 1. The molecule has 1 aromatic carbocycles. The average molecular weight is 293 g/mol. The SMILES string of the molecule is CC(C)CCNC(=O)C(C)Oc1cccc(CC(=O)O)c1. The van der Waals surface area contributed by atoms with E-state index in [2.05, 4.69) is 19.2 Å². The van der Waals surface area contributed by atoms with Gasteiger partial charge in [0.2, 0.25) is 0 Å². The number of carbonyl (C=O) groups is 2. The molecule has 5 nitrogen and oxygen atoms in total. The number of aliphatic carboxylic acids is 1. The topological polar surface area (TPSA) is 75.6 Å². The molecule has 0 radical (unpaired) electrons. The van der Waals surface area contributed by atoms with Gasteiger partial charge < -0.3 is 15.2 Å². The molecule has 0 aliphatic rings. The van der Waals surface area contributed by atoms with Crippen molar-refractivity contribution in [2.24, 2.45) is 5.92 Å². The van der Waals surface area contributed by atoms with Crippen LogP contribution in [0.2, 0.25) is 0 Å². The number of amides is 1. The lowest BCUT2D eigenvalue weighted by molar-refractivity contribution is -0.136. The first-order valence-corrected chi connectivity index (χ1v) is 7.13. The summed E-state index contributed by atoms with van der Waals surface area (Å²) in [5, 5.41) is 11.6. The summed E-state index contributed by atoms with van der Waals surface area (Å²) < 4.78 is 5.55. The molecule has 0 heterocycles. The van der Waals surface area contributed by atoms with Gasteiger partial charge in [0, 0.05) is 6.54 Å². The van der Waals surface area contributed by atoms with Crippen LogP contribution in [0.4, 0.5) is 0 Å². The molecule has 0 bridgehead atoms. The molecule has 1 rings (SSSR count). The number of ether oxygens (including phenoxy) is 1. The second kappa shape index (κ2) is 8.29. The Morgan fingerprint density at radius 2 is 2.00 bits per heavy atom. The molecule has 0 saturated carbocycles. The lowest BCUT2D eigenvalue weighted by atomic mass is 10.1. The molecule has 1 unspecified atom stereocenters. The maximum Gasteiger partial charge on any atom is 0.307 e. The zero-order chi connectivity index (χ0) is 15.8. The lowest BCUT2D eigenvalue weighted by Crippen LogP contribution is -2.37. The van der Waals surface area contributed by atoms with E-state index in [0.29, 0.717) is 23.8 Å². The van der Waals surface area contributed by atoms with E-state index in [4.69, 9.17) is 9.84 Å². The van der Waals surface area contributed by atoms with E-state index in [9.17, 15) is 9.59 Å². The van der Waals surface area contributed by atoms with Gasteiger partial charge in [0.05, 0.1) is 6.42 Å². The number of rotatable bonds is 8. The molecule has 116 valence electrons. The van der Waals surface area contributed by atoms with Gasteiger partial charge in [-0.25, -0.2) is 0 Å². The predicted molar refractivity (Wildman–Crippen MR) is 80.3 cm³/mol. The van der Waals surface area contributed by atoms with Gasteiger partial charge in [-0.1, -0.05) is 26.0 Å². The van der Waals surface area contributed by atoms with Crippen molar-refractivity contribution in [2.75, 3.05) is 6.54 Å². The molecule has 0 aromatic heterocycles. The minimum absolute atomic E-state index is 0.0633. The van der Waals surface area contributed by atoms with Gasteiger partial charge in [-0.2, -0.15) is 0 Å². The van der Waals surface area contributed by atoms with Crippen LogP contribution in [0.25, 0.3) is 0 Å². The normalized spacial score (nSPS) is 12.0. The molecule has 0 fully saturated rings. The fraction of sp³-hybridized carbons (Fsp3) is 0.500. The van der Waals surface area contributed by atoms with E-state index in [1.165, 1.54) is 0 Å². The highest BCUT2D eigenvalue weighted by Gasteiger charge is 2.14. The third-order valence-corrected chi connectivity index (χ3v) is 2.96. The first kappa shape index (κ1) is 17.0. The van der Waals surface area contributed by atoms with Crippen LogP contribution in [-0.2, 0) is 16.0 Å². The summed E-state index contributed by atoms with van der Waals surface area (Å²) in [6, 6.07) is 6.79. The Hall–Kier alpha value is -2.04. The smallest absolute Gasteiger partial charge is 0.307 e. The summed E-state index contributed by atoms with van der Waals surface area (Å²) in [6.45, 7) is 6.50. The molecule has 5 heteroatoms. The fourth-order valence-electron chi connectivity index (χ4n) is 1.79. The Morgan fingerprint density at radius 3 is 2.62 bits per heavy atom. The minimum Gasteiger partial charge on any atom is -0.481 e. The zero-order valence-electron chi connectivity index (χ0n) is 12.8. The van der Waals surface area contributed by atoms with Crippen LogP contribution in [-0.4, -0.2) is 29.6 Å². The highest BCUT2D eigenvalue weighted by molar-refractivity contribution is 5.80. The standard InChI is InChI=1S/C16H23NO4/c1-11(2)7-8-17-16(20)12(3)21-14-6-4-5-13(9-14)10-15(18)19/h4-6,9,11-12H,7-8,10H2,1-3H3,(H,17,20)(H,18,19). The minimum atomic E-state index is -0.897. The maximum absolute atomic E-state index is 11.9. The maximum atomic E-state index is 11.9. The van der Waals surface area contributed by atoms with Crippen molar-refractivity contribution < 1.29 is 19.4 Å². The summed E-state index contributed by atoms with van der Waals surface area (Å²) in [6.07, 6.45) is 0.246. The van der Waals surface area contributed by atoms with Gasteiger partial charge in [0.15, 0.2) is 6.10 Å². The van der Waals surface area contributed by atoms with E-state index < -0.39 is 12.1 Å². The first-order valence-electron chi connectivity index (χ1n) is 7.13. The summed E-state index contributed by atoms with van der Waals surface area (Å²) in [5.41, 5.74) is 0.646. The molecular formula is C16H23NO4. The van der Waals surface area contributed by atoms with E-state index >= 15 is 0 Å². The van der Waals surface area contributed by atoms with Crippen LogP contribution < -0.4 is 10.1 Å². The Bertz CT molecular complexity index is 485. The van der Waals surface area contributed by atoms with Gasteiger partial charge in [-0.05, 0) is 37.0 Å². The van der Waals surface area contributed by atoms with Gasteiger partial charge in [0.25, 0.3) is 5.91 Å². The molecule has 21 heavy (non-hydrogen) atoms. The third-order valence-electron chi connectivity index (χ3n) is 2.96. The number of carboxylic acid groups (broad SMARTS) is 1. The molecule has 1 aromatic rings. The summed E-state index contributed by atoms with van der Waals surface area (Å²) in [7, 11) is 0. The van der Waals surface area contributed by atoms with E-state index in [1.807, 2.05) is 0 Å². The van der Waals surface area contributed by atoms with Gasteiger partial charge in [-0.15, -0.1) is 0 Å². The quantitative estimate of drug-likeness (QED) is 0.770. The van der Waals surface area contributed by atoms with Crippen molar-refractivity contribution in [3.8, 4) is 5.75 Å². The highest BCUT2D eigenvalue weighted by Crippen LogP contribution is 2.15. The van der Waals surface area contributed by atoms with Crippen molar-refractivity contribution in [2.45, 2.75) is 39.7 Å². The van der Waals surface area contributed by atoms with Gasteiger partial charge >= 0.3 is 5.97 Å². The fourth-order valence-corrected chi connectivity index (χ4v) is 1.79. The van der Waals surface area contributed by atoms with Crippen molar-refractivity contribution in [1.82, 2.24) is 5.32 Å². The Morgan fingerprint density at radius 1 is 1.29 bits per heavy atom. The summed E-state index contributed by atoms with van der Waals surface area (Å²) >= 11 is 0. The number of hydrogen-bond donors (Lipinski definition) is 2. The summed E-state index contributed by atoms with van der Waals surface area (Å²) in [5.74, 6) is -0.0274. The molecule has 1 atom stereocenters. The number of hydrogen-bond acceptors (Lipinski definition) is 3. The molecular weight excluding hydrogens is 270 g/mol. The van der Waals surface area contributed by atoms with Crippen molar-refractivity contribution >= 4 is 11.9 Å². The van der Waals surface area contributed by atoms with Crippen LogP contribution in [0.15, 0.2) is 24.3 Å². The number of carboxylic acids is 1. The van der Waals surface area contributed by atoms with Crippen molar-refractivity contribution in [3.63, 3.8) is 0 Å². The zero-order valence-corrected chi connectivity index (χ0v) is 12.8. The van der Waals surface area contributed by atoms with E-state index in [-0.39, 0.29) is 12.3 Å². The van der Waals surface area contributed by atoms with E-state index in [0.717, 1.165) is 6.42 Å². The van der Waals surface area contributed by atoms with Crippen molar-refractivity contribution in [3.05, 3.63) is 29.8 Å². The Kier molecular flexibility index (Phi) is 6.72. The first-order chi connectivity index (χ1) is 9.88. The van der Waals surface area contributed by atoms with E-state index in [1.54, 1.807) is 31.2 Å². The van der Waals surface area contributed by atoms with Crippen LogP contribution >= 0.6 is 0 Å². The lowest BCUT2D eigenvalue weighted by Gasteiger charge is -2.15. The average Bonchev–Trinajstić information content (AvgIpc) is 2.37. The number of benzene rings is 1. The molecule has 0 aliphatic heterocycles. The van der Waals surface area contributed by atoms with Crippen molar-refractivity contribution in [1.29, 1.82) is 0 Å². The molecule has 0 aliphatic carbocycles. The Labute approximate surface area is 125 Å². The van der Waals surface area contributed by atoms with Crippen LogP contribution in [0, 0.1) is 5.92 Å². The molecule has 0 saturated heterocycles. The largest absolute Gasteiger partial charge is 0.481 e. The van der Waals surface area contributed by atoms with Gasteiger partial charge in [0.1, 0.15) is 5.75 Å². The third kappa shape index (κ3) is 6.79. The highest BCUT2D eigenvalue weighted by atomic mass is 16.5. The molecule has 2 N–H and O–H groups in total. The van der Waals surface area contributed by atoms with Gasteiger partial charge in [-0.3, -0.25) is 9.59 Å². The van der Waals surface area contributed by atoms with Crippen LogP contribution in [0.5, 0.6) is 5.75 Å². The second-order valence-electron chi connectivity index (χ2n) is 5.45. The Balaban J connectivity index is 2.51.